The summed E-state index contributed by atoms with van der Waals surface area (Å²) in [6.45, 7) is 0.492. The summed E-state index contributed by atoms with van der Waals surface area (Å²) in [6.07, 6.45) is 0. The van der Waals surface area contributed by atoms with Crippen molar-refractivity contribution < 1.29 is 9.53 Å². The highest BCUT2D eigenvalue weighted by molar-refractivity contribution is 8.14. The minimum absolute atomic E-state index is 0.0302. The molecule has 27 heavy (non-hydrogen) atoms. The van der Waals surface area contributed by atoms with Crippen molar-refractivity contribution in [3.63, 3.8) is 0 Å². The van der Waals surface area contributed by atoms with E-state index in [1.807, 2.05) is 48.5 Å². The van der Waals surface area contributed by atoms with E-state index in [0.29, 0.717) is 12.3 Å². The summed E-state index contributed by atoms with van der Waals surface area (Å²) in [5, 5.41) is 9.26. The van der Waals surface area contributed by atoms with Crippen molar-refractivity contribution in [1.82, 2.24) is 5.32 Å². The Morgan fingerprint density at radius 1 is 1.11 bits per heavy atom. The monoisotopic (exact) mass is 377 g/mol. The highest BCUT2D eigenvalue weighted by atomic mass is 32.2. The number of ether oxygens (including phenoxy) is 1. The molecule has 1 aliphatic rings. The van der Waals surface area contributed by atoms with Crippen LogP contribution in [0.4, 0.5) is 11.4 Å². The van der Waals surface area contributed by atoms with Crippen LogP contribution in [0.5, 0.6) is 5.75 Å². The Morgan fingerprint density at radius 3 is 2.67 bits per heavy atom. The van der Waals surface area contributed by atoms with Gasteiger partial charge in [-0.25, -0.2) is 4.99 Å². The van der Waals surface area contributed by atoms with Gasteiger partial charge in [-0.2, -0.15) is 0 Å². The molecule has 0 radical (unpaired) electrons. The molecule has 3 aromatic rings. The molecular formula is C21H19N3O2S. The molecule has 0 saturated carbocycles. The molecule has 0 aliphatic carbocycles. The first-order valence-corrected chi connectivity index (χ1v) is 9.61. The van der Waals surface area contributed by atoms with Gasteiger partial charge in [0, 0.05) is 11.9 Å². The molecule has 3 aromatic carbocycles. The topological polar surface area (TPSA) is 62.7 Å². The van der Waals surface area contributed by atoms with Crippen molar-refractivity contribution in [1.29, 1.82) is 0 Å². The maximum absolute atomic E-state index is 12.2. The number of nitrogens with zero attached hydrogens (tertiary/aromatic N) is 1. The molecule has 0 atom stereocenters. The Morgan fingerprint density at radius 2 is 1.89 bits per heavy atom. The lowest BCUT2D eigenvalue weighted by Gasteiger charge is -2.18. The van der Waals surface area contributed by atoms with E-state index in [2.05, 4.69) is 27.8 Å². The Hall–Kier alpha value is -2.99. The van der Waals surface area contributed by atoms with Crippen LogP contribution >= 0.6 is 11.8 Å². The maximum atomic E-state index is 12.2. The fraction of sp³-hybridized carbons (Fsp3) is 0.143. The standard InChI is InChI=1S/C21H19N3O2S/c1-26-16-10-8-14(9-11-16)12-22-19(25)13-27-21-23-17-6-2-4-15-5-3-7-18(24-21)20(15)17/h2-11H,12-13H2,1H3,(H,22,25)(H,23,24). The van der Waals surface area contributed by atoms with E-state index in [4.69, 9.17) is 4.74 Å². The van der Waals surface area contributed by atoms with Crippen molar-refractivity contribution in [3.05, 3.63) is 66.2 Å². The molecular weight excluding hydrogens is 358 g/mol. The van der Waals surface area contributed by atoms with Crippen LogP contribution in [0.3, 0.4) is 0 Å². The molecule has 1 amide bonds. The molecule has 4 rings (SSSR count). The van der Waals surface area contributed by atoms with Gasteiger partial charge in [0.15, 0.2) is 5.17 Å². The van der Waals surface area contributed by atoms with Crippen LogP contribution in [0, 0.1) is 0 Å². The SMILES string of the molecule is COc1ccc(CNC(=O)CSC2=Nc3cccc4cccc(c34)N2)cc1. The third-order valence-electron chi connectivity index (χ3n) is 4.34. The molecule has 1 aliphatic heterocycles. The van der Waals surface area contributed by atoms with Gasteiger partial charge in [0.2, 0.25) is 5.91 Å². The quantitative estimate of drug-likeness (QED) is 0.695. The Kier molecular flexibility index (Phi) is 4.98. The lowest BCUT2D eigenvalue weighted by atomic mass is 10.1. The van der Waals surface area contributed by atoms with Crippen LogP contribution in [0.1, 0.15) is 5.56 Å². The summed E-state index contributed by atoms with van der Waals surface area (Å²) in [4.78, 5) is 16.8. The second kappa shape index (κ2) is 7.72. The summed E-state index contributed by atoms with van der Waals surface area (Å²) in [6, 6.07) is 19.8. The van der Waals surface area contributed by atoms with Crippen molar-refractivity contribution in [2.45, 2.75) is 6.54 Å². The molecule has 0 saturated heterocycles. The first-order valence-electron chi connectivity index (χ1n) is 8.63. The molecule has 1 heterocycles. The zero-order valence-electron chi connectivity index (χ0n) is 14.9. The Labute approximate surface area is 161 Å². The smallest absolute Gasteiger partial charge is 0.230 e. The predicted octanol–water partition coefficient (Wildman–Crippen LogP) is 4.31. The average Bonchev–Trinajstić information content (AvgIpc) is 2.71. The number of amidine groups is 1. The number of methoxy groups -OCH3 is 1. The molecule has 6 heteroatoms. The van der Waals surface area contributed by atoms with Crippen LogP contribution in [-0.4, -0.2) is 23.9 Å². The second-order valence-electron chi connectivity index (χ2n) is 6.14. The minimum Gasteiger partial charge on any atom is -0.497 e. The third kappa shape index (κ3) is 3.90. The lowest BCUT2D eigenvalue weighted by Crippen LogP contribution is -2.26. The van der Waals surface area contributed by atoms with Gasteiger partial charge in [-0.3, -0.25) is 4.79 Å². The van der Waals surface area contributed by atoms with Gasteiger partial charge in [0.25, 0.3) is 0 Å². The zero-order chi connectivity index (χ0) is 18.6. The number of aliphatic imine (C=N–C) groups is 1. The van der Waals surface area contributed by atoms with Crippen molar-refractivity contribution in [2.24, 2.45) is 4.99 Å². The van der Waals surface area contributed by atoms with E-state index >= 15 is 0 Å². The number of benzene rings is 3. The van der Waals surface area contributed by atoms with Crippen LogP contribution in [0.2, 0.25) is 0 Å². The fourth-order valence-electron chi connectivity index (χ4n) is 2.97. The van der Waals surface area contributed by atoms with E-state index in [1.165, 1.54) is 11.8 Å². The Bertz CT molecular complexity index is 1010. The molecule has 136 valence electrons. The van der Waals surface area contributed by atoms with Gasteiger partial charge in [-0.1, -0.05) is 48.2 Å². The molecule has 0 spiro atoms. The van der Waals surface area contributed by atoms with Crippen LogP contribution in [-0.2, 0) is 11.3 Å². The molecule has 0 aromatic heterocycles. The van der Waals surface area contributed by atoms with Gasteiger partial charge in [-0.15, -0.1) is 0 Å². The summed E-state index contributed by atoms with van der Waals surface area (Å²) >= 11 is 1.40. The zero-order valence-corrected chi connectivity index (χ0v) is 15.7. The van der Waals surface area contributed by atoms with Crippen molar-refractivity contribution in [3.8, 4) is 5.75 Å². The lowest BCUT2D eigenvalue weighted by molar-refractivity contribution is -0.118. The highest BCUT2D eigenvalue weighted by Gasteiger charge is 2.15. The summed E-state index contributed by atoms with van der Waals surface area (Å²) < 4.78 is 5.14. The highest BCUT2D eigenvalue weighted by Crippen LogP contribution is 2.36. The van der Waals surface area contributed by atoms with Gasteiger partial charge < -0.3 is 15.4 Å². The predicted molar refractivity (Wildman–Crippen MR) is 112 cm³/mol. The van der Waals surface area contributed by atoms with E-state index in [9.17, 15) is 4.79 Å². The first kappa shape index (κ1) is 17.4. The van der Waals surface area contributed by atoms with Gasteiger partial charge in [-0.05, 0) is 35.2 Å². The number of hydrogen-bond donors (Lipinski definition) is 2. The summed E-state index contributed by atoms with van der Waals surface area (Å²) in [5.74, 6) is 1.08. The summed E-state index contributed by atoms with van der Waals surface area (Å²) in [7, 11) is 1.63. The van der Waals surface area contributed by atoms with Crippen LogP contribution in [0.15, 0.2) is 65.7 Å². The third-order valence-corrected chi connectivity index (χ3v) is 5.21. The van der Waals surface area contributed by atoms with Gasteiger partial charge in [0.05, 0.1) is 24.2 Å². The number of thioether (sulfide) groups is 1. The molecule has 0 fully saturated rings. The van der Waals surface area contributed by atoms with E-state index in [1.54, 1.807) is 7.11 Å². The molecule has 5 nitrogen and oxygen atoms in total. The first-order chi connectivity index (χ1) is 13.2. The van der Waals surface area contributed by atoms with E-state index in [-0.39, 0.29) is 5.91 Å². The molecule has 0 unspecified atom stereocenters. The average molecular weight is 377 g/mol. The van der Waals surface area contributed by atoms with Crippen LogP contribution in [0.25, 0.3) is 10.8 Å². The second-order valence-corrected chi connectivity index (χ2v) is 7.10. The van der Waals surface area contributed by atoms with Crippen molar-refractivity contribution in [2.75, 3.05) is 18.2 Å². The number of anilines is 1. The van der Waals surface area contributed by atoms with Gasteiger partial charge in [0.1, 0.15) is 5.75 Å². The summed E-state index contributed by atoms with van der Waals surface area (Å²) in [5.41, 5.74) is 2.99. The number of nitrogens with one attached hydrogen (secondary N) is 2. The number of hydrogen-bond acceptors (Lipinski definition) is 5. The normalized spacial score (nSPS) is 12.3. The Balaban J connectivity index is 1.35. The molecule has 0 bridgehead atoms. The van der Waals surface area contributed by atoms with E-state index < -0.39 is 0 Å². The number of carbonyl (C=O) groups is 1. The number of carbonyl (C=O) groups excluding carboxylic acids is 1. The van der Waals surface area contributed by atoms with E-state index in [0.717, 1.165) is 38.6 Å². The number of rotatable bonds is 5. The van der Waals surface area contributed by atoms with Crippen LogP contribution < -0.4 is 15.4 Å². The largest absolute Gasteiger partial charge is 0.497 e. The fourth-order valence-corrected chi connectivity index (χ4v) is 3.68. The van der Waals surface area contributed by atoms with Gasteiger partial charge >= 0.3 is 0 Å². The number of amides is 1. The maximum Gasteiger partial charge on any atom is 0.230 e. The minimum atomic E-state index is -0.0302. The van der Waals surface area contributed by atoms with Crippen molar-refractivity contribution >= 4 is 45.0 Å². The molecule has 2 N–H and O–H groups in total.